The number of halogens is 1. The number of nitrogens with one attached hydrogen (secondary N) is 2. The van der Waals surface area contributed by atoms with Gasteiger partial charge in [0.15, 0.2) is 0 Å². The largest absolute Gasteiger partial charge is 0.488 e. The van der Waals surface area contributed by atoms with Gasteiger partial charge in [0.2, 0.25) is 0 Å². The number of carbonyl (C=O) groups excluding carboxylic acids is 1. The van der Waals surface area contributed by atoms with E-state index in [-0.39, 0.29) is 5.91 Å². The molecule has 6 heteroatoms. The second-order valence-electron chi connectivity index (χ2n) is 6.40. The number of ether oxygens (including phenoxy) is 1. The normalized spacial score (nSPS) is 11.1. The first-order valence-electron chi connectivity index (χ1n) is 9.06. The minimum atomic E-state index is -0.336. The van der Waals surface area contributed by atoms with E-state index < -0.39 is 0 Å². The summed E-state index contributed by atoms with van der Waals surface area (Å²) in [6.07, 6.45) is 3.48. The number of aromatic amines is 1. The smallest absolute Gasteiger partial charge is 0.275 e. The highest BCUT2D eigenvalue weighted by Crippen LogP contribution is 2.25. The van der Waals surface area contributed by atoms with Crippen molar-refractivity contribution in [3.63, 3.8) is 0 Å². The molecule has 1 amide bonds. The summed E-state index contributed by atoms with van der Waals surface area (Å²) in [7, 11) is 0. The van der Waals surface area contributed by atoms with Crippen LogP contribution in [0.2, 0.25) is 0 Å². The number of aromatic nitrogens is 1. The van der Waals surface area contributed by atoms with Gasteiger partial charge in [0, 0.05) is 27.1 Å². The van der Waals surface area contributed by atoms with Gasteiger partial charge in [0.1, 0.15) is 12.4 Å². The molecule has 4 aromatic rings. The summed E-state index contributed by atoms with van der Waals surface area (Å²) < 4.78 is 6.72. The molecule has 1 aromatic heterocycles. The van der Waals surface area contributed by atoms with Gasteiger partial charge in [-0.15, -0.1) is 0 Å². The van der Waals surface area contributed by atoms with Gasteiger partial charge >= 0.3 is 0 Å². The van der Waals surface area contributed by atoms with Crippen LogP contribution in [0.15, 0.2) is 88.6 Å². The molecule has 0 atom stereocenters. The zero-order valence-electron chi connectivity index (χ0n) is 15.4. The number of amides is 1. The summed E-state index contributed by atoms with van der Waals surface area (Å²) in [6, 6.07) is 23.0. The van der Waals surface area contributed by atoms with Crippen LogP contribution in [0.4, 0.5) is 0 Å². The van der Waals surface area contributed by atoms with E-state index >= 15 is 0 Å². The van der Waals surface area contributed by atoms with Crippen molar-refractivity contribution in [2.45, 2.75) is 6.61 Å². The van der Waals surface area contributed by atoms with Gasteiger partial charge in [-0.25, -0.2) is 5.43 Å². The van der Waals surface area contributed by atoms with E-state index in [1.807, 2.05) is 60.8 Å². The molecule has 0 aliphatic carbocycles. The fourth-order valence-corrected chi connectivity index (χ4v) is 3.30. The summed E-state index contributed by atoms with van der Waals surface area (Å²) in [5.74, 6) is 0.152. The average Bonchev–Trinajstić information content (AvgIpc) is 3.16. The number of para-hydroxylation sites is 1. The summed E-state index contributed by atoms with van der Waals surface area (Å²) >= 11 is 3.43. The maximum Gasteiger partial charge on any atom is 0.275 e. The van der Waals surface area contributed by atoms with Crippen LogP contribution in [0.25, 0.3) is 10.9 Å². The summed E-state index contributed by atoms with van der Waals surface area (Å²) in [6.45, 7) is 0.371. The first-order valence-corrected chi connectivity index (χ1v) is 9.86. The number of H-pyrrole nitrogens is 1. The molecule has 2 N–H and O–H groups in total. The van der Waals surface area contributed by atoms with E-state index in [1.165, 1.54) is 0 Å². The Morgan fingerprint density at radius 3 is 2.72 bits per heavy atom. The van der Waals surface area contributed by atoms with Crippen molar-refractivity contribution in [3.8, 4) is 5.75 Å². The van der Waals surface area contributed by atoms with Crippen molar-refractivity contribution in [1.29, 1.82) is 0 Å². The molecule has 144 valence electrons. The molecule has 0 radical (unpaired) electrons. The summed E-state index contributed by atoms with van der Waals surface area (Å²) in [5.41, 5.74) is 5.94. The van der Waals surface area contributed by atoms with Gasteiger partial charge in [-0.3, -0.25) is 4.79 Å². The molecular weight excluding hydrogens is 430 g/mol. The van der Waals surface area contributed by atoms with E-state index in [2.05, 4.69) is 31.4 Å². The molecule has 3 aromatic carbocycles. The third kappa shape index (κ3) is 4.55. The second kappa shape index (κ2) is 8.75. The van der Waals surface area contributed by atoms with Crippen LogP contribution in [-0.2, 0) is 6.61 Å². The monoisotopic (exact) mass is 447 g/mol. The van der Waals surface area contributed by atoms with Gasteiger partial charge in [-0.05, 0) is 29.8 Å². The standard InChI is InChI=1S/C23H18BrN3O2/c24-18-10-11-20(22(12-18)29-15-16-6-2-1-3-7-16)23(28)27-26-14-17-13-25-21-9-5-4-8-19(17)21/h1-14,25H,15H2,(H,27,28)/b26-14-. The van der Waals surface area contributed by atoms with Crippen molar-refractivity contribution >= 4 is 39.0 Å². The fourth-order valence-electron chi connectivity index (χ4n) is 2.96. The number of fused-ring (bicyclic) bond motifs is 1. The lowest BCUT2D eigenvalue weighted by Crippen LogP contribution is -2.18. The van der Waals surface area contributed by atoms with Crippen molar-refractivity contribution in [1.82, 2.24) is 10.4 Å². The molecule has 0 aliphatic rings. The quantitative estimate of drug-likeness (QED) is 0.312. The fraction of sp³-hybridized carbons (Fsp3) is 0.0435. The van der Waals surface area contributed by atoms with Gasteiger partial charge in [0.05, 0.1) is 11.8 Å². The zero-order valence-corrected chi connectivity index (χ0v) is 17.0. The van der Waals surface area contributed by atoms with Crippen LogP contribution in [0.5, 0.6) is 5.75 Å². The Balaban J connectivity index is 1.48. The van der Waals surface area contributed by atoms with Gasteiger partial charge in [-0.1, -0.05) is 64.5 Å². The predicted octanol–water partition coefficient (Wildman–Crippen LogP) is 5.27. The van der Waals surface area contributed by atoms with E-state index in [0.29, 0.717) is 17.9 Å². The Bertz CT molecular complexity index is 1170. The molecule has 0 spiro atoms. The number of rotatable bonds is 6. The minimum Gasteiger partial charge on any atom is -0.488 e. The second-order valence-corrected chi connectivity index (χ2v) is 7.32. The number of hydrazone groups is 1. The van der Waals surface area contributed by atoms with Crippen molar-refractivity contribution < 1.29 is 9.53 Å². The Kier molecular flexibility index (Phi) is 5.72. The van der Waals surface area contributed by atoms with Crippen LogP contribution in [0.1, 0.15) is 21.5 Å². The highest BCUT2D eigenvalue weighted by Gasteiger charge is 2.13. The third-order valence-corrected chi connectivity index (χ3v) is 4.91. The molecule has 29 heavy (non-hydrogen) atoms. The molecule has 0 aliphatic heterocycles. The SMILES string of the molecule is O=C(N/N=C\c1c[nH]c2ccccc12)c1ccc(Br)cc1OCc1ccccc1. The van der Waals surface area contributed by atoms with Crippen LogP contribution in [0, 0.1) is 0 Å². The minimum absolute atomic E-state index is 0.336. The number of benzene rings is 3. The van der Waals surface area contributed by atoms with E-state index in [0.717, 1.165) is 26.5 Å². The lowest BCUT2D eigenvalue weighted by molar-refractivity contribution is 0.0950. The lowest BCUT2D eigenvalue weighted by Gasteiger charge is -2.11. The van der Waals surface area contributed by atoms with Crippen LogP contribution >= 0.6 is 15.9 Å². The maximum absolute atomic E-state index is 12.7. The van der Waals surface area contributed by atoms with Crippen molar-refractivity contribution in [3.05, 3.63) is 100 Å². The maximum atomic E-state index is 12.7. The summed E-state index contributed by atoms with van der Waals surface area (Å²) in [4.78, 5) is 15.8. The van der Waals surface area contributed by atoms with Crippen LogP contribution < -0.4 is 10.2 Å². The van der Waals surface area contributed by atoms with E-state index in [1.54, 1.807) is 24.4 Å². The molecule has 0 fully saturated rings. The predicted molar refractivity (Wildman–Crippen MR) is 118 cm³/mol. The van der Waals surface area contributed by atoms with E-state index in [4.69, 9.17) is 4.74 Å². The Morgan fingerprint density at radius 2 is 1.86 bits per heavy atom. The van der Waals surface area contributed by atoms with Crippen molar-refractivity contribution in [2.24, 2.45) is 5.10 Å². The van der Waals surface area contributed by atoms with Crippen LogP contribution in [0.3, 0.4) is 0 Å². The number of hydrogen-bond acceptors (Lipinski definition) is 3. The molecular formula is C23H18BrN3O2. The number of nitrogens with zero attached hydrogens (tertiary/aromatic N) is 1. The molecule has 1 heterocycles. The summed E-state index contributed by atoms with van der Waals surface area (Å²) in [5, 5.41) is 5.15. The van der Waals surface area contributed by atoms with Crippen molar-refractivity contribution in [2.75, 3.05) is 0 Å². The Labute approximate surface area is 176 Å². The zero-order chi connectivity index (χ0) is 20.1. The topological polar surface area (TPSA) is 66.5 Å². The molecule has 0 unspecified atom stereocenters. The number of carbonyl (C=O) groups is 1. The molecule has 0 saturated heterocycles. The van der Waals surface area contributed by atoms with Gasteiger partial charge in [0.25, 0.3) is 5.91 Å². The molecule has 0 bridgehead atoms. The Morgan fingerprint density at radius 1 is 1.07 bits per heavy atom. The number of hydrogen-bond donors (Lipinski definition) is 2. The van der Waals surface area contributed by atoms with Crippen LogP contribution in [-0.4, -0.2) is 17.1 Å². The van der Waals surface area contributed by atoms with Gasteiger partial charge in [-0.2, -0.15) is 5.10 Å². The first kappa shape index (κ1) is 19.0. The average molecular weight is 448 g/mol. The third-order valence-electron chi connectivity index (χ3n) is 4.42. The molecule has 5 nitrogen and oxygen atoms in total. The molecule has 0 saturated carbocycles. The van der Waals surface area contributed by atoms with Gasteiger partial charge < -0.3 is 9.72 Å². The first-order chi connectivity index (χ1) is 14.2. The molecule has 4 rings (SSSR count). The lowest BCUT2D eigenvalue weighted by atomic mass is 10.2. The van der Waals surface area contributed by atoms with E-state index in [9.17, 15) is 4.79 Å². The highest BCUT2D eigenvalue weighted by atomic mass is 79.9. The Hall–Kier alpha value is -3.38. The highest BCUT2D eigenvalue weighted by molar-refractivity contribution is 9.10.